The fraction of sp³-hybridized carbons (Fsp3) is 0.0938. The normalized spacial score (nSPS) is 12.3. The average molecular weight is 624 g/mol. The predicted octanol–water partition coefficient (Wildman–Crippen LogP) is 7.89. The number of amides is 3. The summed E-state index contributed by atoms with van der Waals surface area (Å²) in [6.07, 6.45) is -3.13. The lowest BCUT2D eigenvalue weighted by Crippen LogP contribution is -2.30. The van der Waals surface area contributed by atoms with Gasteiger partial charge in [-0.15, -0.1) is 11.8 Å². The van der Waals surface area contributed by atoms with E-state index in [9.17, 15) is 27.6 Å². The quantitative estimate of drug-likeness (QED) is 0.131. The molecule has 0 aliphatic carbocycles. The van der Waals surface area contributed by atoms with Crippen LogP contribution in [-0.4, -0.2) is 23.0 Å². The van der Waals surface area contributed by atoms with E-state index in [1.807, 2.05) is 0 Å². The van der Waals surface area contributed by atoms with Crippen molar-refractivity contribution < 1.29 is 27.6 Å². The molecule has 3 amide bonds. The SMILES string of the molecule is CC(Sc1cccc(NC(=O)/C(=C/c2cccc(Cl)c2)NC(=O)c2ccccc2)c1)C(=O)Nc1ccccc1C(F)(F)F. The Morgan fingerprint density at radius 2 is 1.53 bits per heavy atom. The number of para-hydroxylation sites is 1. The molecule has 11 heteroatoms. The summed E-state index contributed by atoms with van der Waals surface area (Å²) in [5, 5.41) is 7.43. The molecule has 4 rings (SSSR count). The number of carbonyl (C=O) groups excluding carboxylic acids is 3. The van der Waals surface area contributed by atoms with Crippen LogP contribution in [0.15, 0.2) is 114 Å². The number of carbonyl (C=O) groups is 3. The standard InChI is InChI=1S/C32H25ClF3N3O3S/c1-20(29(40)38-27-16-6-5-15-26(27)32(34,35)36)43-25-14-8-13-24(19-25)37-31(42)28(18-21-9-7-12-23(33)17-21)39-30(41)22-10-3-2-4-11-22/h2-20H,1H3,(H,37,42)(H,38,40)(H,39,41)/b28-18-. The molecule has 0 fully saturated rings. The summed E-state index contributed by atoms with van der Waals surface area (Å²) in [4.78, 5) is 39.5. The van der Waals surface area contributed by atoms with Crippen molar-refractivity contribution >= 4 is 58.5 Å². The van der Waals surface area contributed by atoms with Gasteiger partial charge < -0.3 is 16.0 Å². The number of benzene rings is 4. The van der Waals surface area contributed by atoms with Crippen molar-refractivity contribution in [2.75, 3.05) is 10.6 Å². The Kier molecular flexibility index (Phi) is 10.3. The first kappa shape index (κ1) is 31.4. The minimum absolute atomic E-state index is 0.0368. The molecule has 0 aliphatic heterocycles. The van der Waals surface area contributed by atoms with Crippen molar-refractivity contribution in [3.05, 3.63) is 131 Å². The second-order valence-corrected chi connectivity index (χ2v) is 11.1. The molecule has 1 atom stereocenters. The molecule has 4 aromatic rings. The lowest BCUT2D eigenvalue weighted by Gasteiger charge is -2.16. The molecular weight excluding hydrogens is 599 g/mol. The number of halogens is 4. The van der Waals surface area contributed by atoms with E-state index in [0.29, 0.717) is 26.7 Å². The van der Waals surface area contributed by atoms with Crippen molar-refractivity contribution in [1.29, 1.82) is 0 Å². The van der Waals surface area contributed by atoms with Crippen LogP contribution in [0.3, 0.4) is 0 Å². The summed E-state index contributed by atoms with van der Waals surface area (Å²) in [5.74, 6) is -1.72. The van der Waals surface area contributed by atoms with Crippen LogP contribution in [0, 0.1) is 0 Å². The molecule has 0 aliphatic rings. The van der Waals surface area contributed by atoms with E-state index in [2.05, 4.69) is 16.0 Å². The first-order valence-electron chi connectivity index (χ1n) is 12.9. The van der Waals surface area contributed by atoms with Crippen molar-refractivity contribution in [2.24, 2.45) is 0 Å². The third-order valence-electron chi connectivity index (χ3n) is 5.95. The molecule has 3 N–H and O–H groups in total. The molecule has 1 unspecified atom stereocenters. The number of hydrogen-bond donors (Lipinski definition) is 3. The van der Waals surface area contributed by atoms with E-state index in [0.717, 1.165) is 17.8 Å². The molecule has 4 aromatic carbocycles. The van der Waals surface area contributed by atoms with E-state index in [1.165, 1.54) is 24.3 Å². The van der Waals surface area contributed by atoms with Crippen LogP contribution in [-0.2, 0) is 15.8 Å². The van der Waals surface area contributed by atoms with Gasteiger partial charge in [0.15, 0.2) is 0 Å². The zero-order valence-electron chi connectivity index (χ0n) is 22.6. The Labute approximate surface area is 255 Å². The molecule has 0 heterocycles. The molecule has 0 bridgehead atoms. The van der Waals surface area contributed by atoms with Crippen molar-refractivity contribution in [1.82, 2.24) is 5.32 Å². The monoisotopic (exact) mass is 623 g/mol. The highest BCUT2D eigenvalue weighted by Gasteiger charge is 2.34. The van der Waals surface area contributed by atoms with Gasteiger partial charge in [-0.1, -0.05) is 60.1 Å². The van der Waals surface area contributed by atoms with E-state index in [-0.39, 0.29) is 11.4 Å². The zero-order valence-corrected chi connectivity index (χ0v) is 24.2. The van der Waals surface area contributed by atoms with Gasteiger partial charge in [-0.3, -0.25) is 14.4 Å². The molecule has 0 saturated carbocycles. The summed E-state index contributed by atoms with van der Waals surface area (Å²) in [5.41, 5.74) is 0.00979. The van der Waals surface area contributed by atoms with Gasteiger partial charge in [0.1, 0.15) is 5.70 Å². The average Bonchev–Trinajstić information content (AvgIpc) is 2.97. The lowest BCUT2D eigenvalue weighted by atomic mass is 10.1. The van der Waals surface area contributed by atoms with E-state index < -0.39 is 34.7 Å². The molecule has 0 spiro atoms. The third-order valence-corrected chi connectivity index (χ3v) is 7.28. The minimum Gasteiger partial charge on any atom is -0.325 e. The Bertz CT molecular complexity index is 1660. The van der Waals surface area contributed by atoms with Crippen molar-refractivity contribution in [2.45, 2.75) is 23.2 Å². The highest BCUT2D eigenvalue weighted by molar-refractivity contribution is 8.00. The molecule has 0 saturated heterocycles. The number of nitrogens with one attached hydrogen (secondary N) is 3. The van der Waals surface area contributed by atoms with Gasteiger partial charge in [-0.05, 0) is 73.2 Å². The van der Waals surface area contributed by atoms with Crippen LogP contribution < -0.4 is 16.0 Å². The minimum atomic E-state index is -4.62. The molecule has 0 radical (unpaired) electrons. The molecule has 0 aromatic heterocycles. The number of alkyl halides is 3. The first-order chi connectivity index (χ1) is 20.5. The highest BCUT2D eigenvalue weighted by atomic mass is 35.5. The van der Waals surface area contributed by atoms with Crippen LogP contribution >= 0.6 is 23.4 Å². The van der Waals surface area contributed by atoms with Crippen molar-refractivity contribution in [3.8, 4) is 0 Å². The summed E-state index contributed by atoms with van der Waals surface area (Å²) < 4.78 is 40.0. The third kappa shape index (κ3) is 8.97. The number of hydrogen-bond acceptors (Lipinski definition) is 4. The van der Waals surface area contributed by atoms with Gasteiger partial charge in [0.2, 0.25) is 5.91 Å². The van der Waals surface area contributed by atoms with E-state index in [1.54, 1.807) is 85.8 Å². The van der Waals surface area contributed by atoms with Gasteiger partial charge >= 0.3 is 6.18 Å². The maximum Gasteiger partial charge on any atom is 0.418 e. The topological polar surface area (TPSA) is 87.3 Å². The fourth-order valence-corrected chi connectivity index (χ4v) is 5.01. The molecule has 43 heavy (non-hydrogen) atoms. The molecule has 220 valence electrons. The second kappa shape index (κ2) is 14.1. The Hall–Kier alpha value is -4.54. The Morgan fingerprint density at radius 3 is 2.26 bits per heavy atom. The molecule has 6 nitrogen and oxygen atoms in total. The fourth-order valence-electron chi connectivity index (χ4n) is 3.88. The van der Waals surface area contributed by atoms with Crippen molar-refractivity contribution in [3.63, 3.8) is 0 Å². The highest BCUT2D eigenvalue weighted by Crippen LogP contribution is 2.35. The maximum atomic E-state index is 13.3. The van der Waals surface area contributed by atoms with Crippen LogP contribution in [0.4, 0.5) is 24.5 Å². The predicted molar refractivity (Wildman–Crippen MR) is 164 cm³/mol. The number of anilines is 2. The Balaban J connectivity index is 1.48. The summed E-state index contributed by atoms with van der Waals surface area (Å²) in [6.45, 7) is 1.56. The zero-order chi connectivity index (χ0) is 31.0. The largest absolute Gasteiger partial charge is 0.418 e. The second-order valence-electron chi connectivity index (χ2n) is 9.21. The van der Waals surface area contributed by atoms with Crippen LogP contribution in [0.1, 0.15) is 28.4 Å². The smallest absolute Gasteiger partial charge is 0.325 e. The number of rotatable bonds is 9. The van der Waals surface area contributed by atoms with Crippen LogP contribution in [0.25, 0.3) is 6.08 Å². The van der Waals surface area contributed by atoms with Gasteiger partial charge in [0.25, 0.3) is 11.8 Å². The van der Waals surface area contributed by atoms with Gasteiger partial charge in [0.05, 0.1) is 16.5 Å². The maximum absolute atomic E-state index is 13.3. The molecular formula is C32H25ClF3N3O3S. The number of thioether (sulfide) groups is 1. The summed E-state index contributed by atoms with van der Waals surface area (Å²) in [7, 11) is 0. The first-order valence-corrected chi connectivity index (χ1v) is 14.1. The Morgan fingerprint density at radius 1 is 0.837 bits per heavy atom. The summed E-state index contributed by atoms with van der Waals surface area (Å²) in [6, 6.07) is 26.5. The van der Waals surface area contributed by atoms with Crippen LogP contribution in [0.2, 0.25) is 5.02 Å². The van der Waals surface area contributed by atoms with E-state index in [4.69, 9.17) is 11.6 Å². The van der Waals surface area contributed by atoms with Gasteiger partial charge in [-0.2, -0.15) is 13.2 Å². The summed E-state index contributed by atoms with van der Waals surface area (Å²) >= 11 is 7.20. The van der Waals surface area contributed by atoms with E-state index >= 15 is 0 Å². The lowest BCUT2D eigenvalue weighted by molar-refractivity contribution is -0.137. The van der Waals surface area contributed by atoms with Gasteiger partial charge in [0, 0.05) is 21.2 Å². The van der Waals surface area contributed by atoms with Gasteiger partial charge in [-0.25, -0.2) is 0 Å². The van der Waals surface area contributed by atoms with Crippen LogP contribution in [0.5, 0.6) is 0 Å².